The zero-order chi connectivity index (χ0) is 12.3. The van der Waals surface area contributed by atoms with Crippen molar-refractivity contribution in [3.63, 3.8) is 0 Å². The molecule has 0 saturated heterocycles. The third-order valence-electron chi connectivity index (χ3n) is 2.30. The van der Waals surface area contributed by atoms with Crippen LogP contribution in [0.4, 0.5) is 5.82 Å². The van der Waals surface area contributed by atoms with Crippen LogP contribution in [0.15, 0.2) is 12.4 Å². The van der Waals surface area contributed by atoms with Gasteiger partial charge in [-0.05, 0) is 19.8 Å². The van der Waals surface area contributed by atoms with Gasteiger partial charge in [-0.15, -0.1) is 11.6 Å². The van der Waals surface area contributed by atoms with Gasteiger partial charge >= 0.3 is 0 Å². The number of rotatable bonds is 9. The van der Waals surface area contributed by atoms with Crippen LogP contribution in [0.2, 0.25) is 0 Å². The molecule has 96 valence electrons. The normalized spacial score (nSPS) is 10.2. The SMILES string of the molecule is CCOc1cc(NCCCCCCCl)ncn1. The molecule has 0 aliphatic rings. The molecule has 0 bridgehead atoms. The maximum atomic E-state index is 5.61. The molecule has 1 N–H and O–H groups in total. The van der Waals surface area contributed by atoms with Crippen molar-refractivity contribution in [1.29, 1.82) is 0 Å². The number of hydrogen-bond acceptors (Lipinski definition) is 4. The van der Waals surface area contributed by atoms with E-state index in [2.05, 4.69) is 15.3 Å². The summed E-state index contributed by atoms with van der Waals surface area (Å²) in [6.45, 7) is 3.48. The summed E-state index contributed by atoms with van der Waals surface area (Å²) in [6.07, 6.45) is 6.14. The Kier molecular flexibility index (Phi) is 7.47. The number of halogens is 1. The summed E-state index contributed by atoms with van der Waals surface area (Å²) in [7, 11) is 0. The number of ether oxygens (including phenoxy) is 1. The van der Waals surface area contributed by atoms with E-state index >= 15 is 0 Å². The lowest BCUT2D eigenvalue weighted by Gasteiger charge is -2.06. The van der Waals surface area contributed by atoms with E-state index < -0.39 is 0 Å². The second-order valence-corrected chi connectivity index (χ2v) is 4.08. The van der Waals surface area contributed by atoms with E-state index in [9.17, 15) is 0 Å². The van der Waals surface area contributed by atoms with Gasteiger partial charge in [0.25, 0.3) is 0 Å². The third kappa shape index (κ3) is 6.31. The Labute approximate surface area is 108 Å². The fraction of sp³-hybridized carbons (Fsp3) is 0.667. The van der Waals surface area contributed by atoms with Gasteiger partial charge in [0.05, 0.1) is 6.61 Å². The molecule has 1 aromatic rings. The molecule has 0 aliphatic carbocycles. The summed E-state index contributed by atoms with van der Waals surface area (Å²) in [5.41, 5.74) is 0. The van der Waals surface area contributed by atoms with Crippen LogP contribution >= 0.6 is 11.6 Å². The average Bonchev–Trinajstić information content (AvgIpc) is 2.35. The summed E-state index contributed by atoms with van der Waals surface area (Å²) < 4.78 is 5.30. The van der Waals surface area contributed by atoms with Gasteiger partial charge in [-0.1, -0.05) is 12.8 Å². The average molecular weight is 258 g/mol. The standard InChI is InChI=1S/C12H20ClN3O/c1-2-17-12-9-11(15-10-16-12)14-8-6-4-3-5-7-13/h9-10H,2-8H2,1H3,(H,14,15,16). The van der Waals surface area contributed by atoms with Gasteiger partial charge in [-0.3, -0.25) is 0 Å². The van der Waals surface area contributed by atoms with Crippen molar-refractivity contribution in [2.24, 2.45) is 0 Å². The molecule has 0 aliphatic heterocycles. The number of anilines is 1. The smallest absolute Gasteiger partial charge is 0.218 e. The highest BCUT2D eigenvalue weighted by atomic mass is 35.5. The molecular weight excluding hydrogens is 238 g/mol. The Hall–Kier alpha value is -1.03. The highest BCUT2D eigenvalue weighted by molar-refractivity contribution is 6.17. The van der Waals surface area contributed by atoms with E-state index in [4.69, 9.17) is 16.3 Å². The fourth-order valence-corrected chi connectivity index (χ4v) is 1.64. The maximum Gasteiger partial charge on any atom is 0.218 e. The van der Waals surface area contributed by atoms with Crippen molar-refractivity contribution in [2.75, 3.05) is 24.3 Å². The number of hydrogen-bond donors (Lipinski definition) is 1. The van der Waals surface area contributed by atoms with Crippen LogP contribution in [0.1, 0.15) is 32.6 Å². The summed E-state index contributed by atoms with van der Waals surface area (Å²) in [5, 5.41) is 3.26. The first-order chi connectivity index (χ1) is 8.36. The summed E-state index contributed by atoms with van der Waals surface area (Å²) >= 11 is 5.61. The largest absolute Gasteiger partial charge is 0.478 e. The minimum absolute atomic E-state index is 0.618. The molecule has 0 atom stereocenters. The first-order valence-corrected chi connectivity index (χ1v) is 6.65. The van der Waals surface area contributed by atoms with Crippen LogP contribution in [0.25, 0.3) is 0 Å². The van der Waals surface area contributed by atoms with Crippen LogP contribution in [-0.4, -0.2) is 29.0 Å². The maximum absolute atomic E-state index is 5.61. The van der Waals surface area contributed by atoms with Crippen LogP contribution in [-0.2, 0) is 0 Å². The molecule has 0 aromatic carbocycles. The zero-order valence-corrected chi connectivity index (χ0v) is 11.0. The van der Waals surface area contributed by atoms with Gasteiger partial charge < -0.3 is 10.1 Å². The number of unbranched alkanes of at least 4 members (excludes halogenated alkanes) is 3. The number of aromatic nitrogens is 2. The van der Waals surface area contributed by atoms with Gasteiger partial charge in [-0.2, -0.15) is 0 Å². The summed E-state index contributed by atoms with van der Waals surface area (Å²) in [5.74, 6) is 2.20. The Bertz CT molecular complexity index is 310. The molecule has 1 aromatic heterocycles. The minimum Gasteiger partial charge on any atom is -0.478 e. The van der Waals surface area contributed by atoms with E-state index in [0.717, 1.165) is 31.1 Å². The van der Waals surface area contributed by atoms with E-state index in [1.165, 1.54) is 19.2 Å². The van der Waals surface area contributed by atoms with Crippen molar-refractivity contribution < 1.29 is 4.74 Å². The highest BCUT2D eigenvalue weighted by Crippen LogP contribution is 2.11. The molecular formula is C12H20ClN3O. The van der Waals surface area contributed by atoms with E-state index in [1.54, 1.807) is 0 Å². The van der Waals surface area contributed by atoms with Gasteiger partial charge in [0.15, 0.2) is 0 Å². The number of nitrogens with zero attached hydrogens (tertiary/aromatic N) is 2. The lowest BCUT2D eigenvalue weighted by molar-refractivity contribution is 0.326. The van der Waals surface area contributed by atoms with E-state index in [1.807, 2.05) is 13.0 Å². The van der Waals surface area contributed by atoms with Gasteiger partial charge in [0.2, 0.25) is 5.88 Å². The molecule has 0 saturated carbocycles. The van der Waals surface area contributed by atoms with Crippen molar-refractivity contribution in [1.82, 2.24) is 9.97 Å². The van der Waals surface area contributed by atoms with Gasteiger partial charge in [0.1, 0.15) is 12.1 Å². The molecule has 17 heavy (non-hydrogen) atoms. The molecule has 1 heterocycles. The van der Waals surface area contributed by atoms with E-state index in [0.29, 0.717) is 12.5 Å². The number of nitrogens with one attached hydrogen (secondary N) is 1. The molecule has 1 rings (SSSR count). The molecule has 0 amide bonds. The summed E-state index contributed by atoms with van der Waals surface area (Å²) in [4.78, 5) is 8.14. The Morgan fingerprint density at radius 1 is 1.24 bits per heavy atom. The minimum atomic E-state index is 0.618. The second kappa shape index (κ2) is 9.05. The molecule has 5 heteroatoms. The lowest BCUT2D eigenvalue weighted by Crippen LogP contribution is -2.04. The molecule has 0 spiro atoms. The van der Waals surface area contributed by atoms with Crippen molar-refractivity contribution in [3.05, 3.63) is 12.4 Å². The molecule has 0 unspecified atom stereocenters. The predicted molar refractivity (Wildman–Crippen MR) is 70.9 cm³/mol. The fourth-order valence-electron chi connectivity index (χ4n) is 1.45. The second-order valence-electron chi connectivity index (χ2n) is 3.70. The Morgan fingerprint density at radius 3 is 2.82 bits per heavy atom. The van der Waals surface area contributed by atoms with Crippen LogP contribution in [0.3, 0.4) is 0 Å². The first kappa shape index (κ1) is 14.0. The highest BCUT2D eigenvalue weighted by Gasteiger charge is 1.98. The Morgan fingerprint density at radius 2 is 2.06 bits per heavy atom. The van der Waals surface area contributed by atoms with Crippen LogP contribution in [0, 0.1) is 0 Å². The van der Waals surface area contributed by atoms with Crippen molar-refractivity contribution in [2.45, 2.75) is 32.6 Å². The van der Waals surface area contributed by atoms with Crippen LogP contribution < -0.4 is 10.1 Å². The molecule has 0 fully saturated rings. The zero-order valence-electron chi connectivity index (χ0n) is 10.3. The third-order valence-corrected chi connectivity index (χ3v) is 2.57. The monoisotopic (exact) mass is 257 g/mol. The number of alkyl halides is 1. The molecule has 0 radical (unpaired) electrons. The van der Waals surface area contributed by atoms with Gasteiger partial charge in [0, 0.05) is 18.5 Å². The van der Waals surface area contributed by atoms with Crippen LogP contribution in [0.5, 0.6) is 5.88 Å². The first-order valence-electron chi connectivity index (χ1n) is 6.11. The molecule has 4 nitrogen and oxygen atoms in total. The predicted octanol–water partition coefficient (Wildman–Crippen LogP) is 3.09. The van der Waals surface area contributed by atoms with Crippen molar-refractivity contribution in [3.8, 4) is 5.88 Å². The van der Waals surface area contributed by atoms with Gasteiger partial charge in [-0.25, -0.2) is 9.97 Å². The van der Waals surface area contributed by atoms with E-state index in [-0.39, 0.29) is 0 Å². The summed E-state index contributed by atoms with van der Waals surface area (Å²) in [6, 6.07) is 1.82. The van der Waals surface area contributed by atoms with Crippen molar-refractivity contribution >= 4 is 17.4 Å². The quantitative estimate of drug-likeness (QED) is 0.546. The topological polar surface area (TPSA) is 47.0 Å². The Balaban J connectivity index is 2.19. The lowest BCUT2D eigenvalue weighted by atomic mass is 10.2.